The molecule has 0 unspecified atom stereocenters. The van der Waals surface area contributed by atoms with Crippen molar-refractivity contribution in [3.63, 3.8) is 0 Å². The monoisotopic (exact) mass is 507 g/mol. The normalized spacial score (nSPS) is 15.9. The Morgan fingerprint density at radius 3 is 1.89 bits per heavy atom. The maximum absolute atomic E-state index is 13.5. The van der Waals surface area contributed by atoms with Crippen molar-refractivity contribution in [2.75, 3.05) is 19.7 Å². The Balaban J connectivity index is 1.91. The summed E-state index contributed by atoms with van der Waals surface area (Å²) in [6.07, 6.45) is 3.29. The standard InChI is InChI=1S/C26H25N3O8/c1-2-37-25(31)12-11-24(30)27-14-13-20(15-18-3-7-22(8-4-18)28(33)34)26(32)21(17-27)16-19-5-9-23(10-6-19)29(35)36/h3-10,15-16H,2,11-14,17H2,1H3. The highest BCUT2D eigenvalue weighted by molar-refractivity contribution is 6.14. The first-order chi connectivity index (χ1) is 17.7. The van der Waals surface area contributed by atoms with E-state index in [1.165, 1.54) is 53.4 Å². The SMILES string of the molecule is CCOC(=O)CCC(=O)N1CCC(=Cc2ccc([N+](=O)[O-])cc2)C(=O)C(=Cc2ccc([N+](=O)[O-])cc2)C1. The smallest absolute Gasteiger partial charge is 0.306 e. The lowest BCUT2D eigenvalue weighted by atomic mass is 9.98. The Bertz CT molecular complexity index is 1260. The molecule has 192 valence electrons. The van der Waals surface area contributed by atoms with Crippen LogP contribution < -0.4 is 0 Å². The fourth-order valence-electron chi connectivity index (χ4n) is 3.78. The molecule has 1 saturated heterocycles. The van der Waals surface area contributed by atoms with E-state index >= 15 is 0 Å². The lowest BCUT2D eigenvalue weighted by Gasteiger charge is -2.20. The first kappa shape index (κ1) is 26.9. The molecule has 1 fully saturated rings. The Morgan fingerprint density at radius 1 is 0.892 bits per heavy atom. The number of rotatable bonds is 8. The number of nitro benzene ring substituents is 2. The van der Waals surface area contributed by atoms with Crippen LogP contribution in [0.15, 0.2) is 59.7 Å². The van der Waals surface area contributed by atoms with Crippen LogP contribution in [0.25, 0.3) is 12.2 Å². The van der Waals surface area contributed by atoms with Crippen LogP contribution in [0.1, 0.15) is 37.3 Å². The first-order valence-electron chi connectivity index (χ1n) is 11.6. The van der Waals surface area contributed by atoms with E-state index in [4.69, 9.17) is 4.74 Å². The molecule has 0 aliphatic carbocycles. The van der Waals surface area contributed by atoms with Gasteiger partial charge in [0.05, 0.1) is 22.9 Å². The number of Topliss-reactive ketones (excluding diaryl/α,β-unsaturated/α-hetero) is 1. The number of nitro groups is 2. The van der Waals surface area contributed by atoms with Crippen molar-refractivity contribution >= 4 is 41.2 Å². The second-order valence-electron chi connectivity index (χ2n) is 8.24. The molecule has 0 aromatic heterocycles. The number of non-ortho nitro benzene ring substituents is 2. The van der Waals surface area contributed by atoms with Crippen LogP contribution in [0, 0.1) is 20.2 Å². The summed E-state index contributed by atoms with van der Waals surface area (Å²) in [5.74, 6) is -1.11. The molecule has 37 heavy (non-hydrogen) atoms. The van der Waals surface area contributed by atoms with Gasteiger partial charge in [0.1, 0.15) is 0 Å². The van der Waals surface area contributed by atoms with Gasteiger partial charge in [0.15, 0.2) is 5.78 Å². The van der Waals surface area contributed by atoms with Gasteiger partial charge < -0.3 is 9.64 Å². The van der Waals surface area contributed by atoms with Gasteiger partial charge >= 0.3 is 5.97 Å². The molecule has 2 aromatic carbocycles. The summed E-state index contributed by atoms with van der Waals surface area (Å²) in [5.41, 5.74) is 1.66. The largest absolute Gasteiger partial charge is 0.466 e. The van der Waals surface area contributed by atoms with Crippen molar-refractivity contribution in [3.05, 3.63) is 91.0 Å². The Labute approximate surface area is 212 Å². The van der Waals surface area contributed by atoms with Crippen molar-refractivity contribution in [2.45, 2.75) is 26.2 Å². The maximum Gasteiger partial charge on any atom is 0.306 e. The summed E-state index contributed by atoms with van der Waals surface area (Å²) in [6.45, 7) is 2.11. The minimum atomic E-state index is -0.525. The van der Waals surface area contributed by atoms with Crippen LogP contribution in [0.4, 0.5) is 11.4 Å². The van der Waals surface area contributed by atoms with E-state index in [0.29, 0.717) is 22.3 Å². The minimum Gasteiger partial charge on any atom is -0.466 e. The van der Waals surface area contributed by atoms with E-state index in [9.17, 15) is 34.6 Å². The number of ketones is 1. The molecule has 1 amide bonds. The number of esters is 1. The molecule has 0 atom stereocenters. The van der Waals surface area contributed by atoms with Crippen LogP contribution >= 0.6 is 0 Å². The third-order valence-corrected chi connectivity index (χ3v) is 5.69. The third-order valence-electron chi connectivity index (χ3n) is 5.69. The number of hydrogen-bond donors (Lipinski definition) is 0. The number of carbonyl (C=O) groups excluding carboxylic acids is 3. The summed E-state index contributed by atoms with van der Waals surface area (Å²) in [7, 11) is 0. The highest BCUT2D eigenvalue weighted by Gasteiger charge is 2.26. The van der Waals surface area contributed by atoms with Crippen LogP contribution in [0.2, 0.25) is 0 Å². The number of amides is 1. The summed E-state index contributed by atoms with van der Waals surface area (Å²) in [4.78, 5) is 60.4. The highest BCUT2D eigenvalue weighted by atomic mass is 16.6. The molecule has 11 heteroatoms. The number of hydrogen-bond acceptors (Lipinski definition) is 8. The van der Waals surface area contributed by atoms with Gasteiger partial charge in [0.2, 0.25) is 5.91 Å². The van der Waals surface area contributed by atoms with E-state index in [0.717, 1.165) is 0 Å². The molecule has 11 nitrogen and oxygen atoms in total. The number of carbonyl (C=O) groups is 3. The fourth-order valence-corrected chi connectivity index (χ4v) is 3.78. The summed E-state index contributed by atoms with van der Waals surface area (Å²) < 4.78 is 4.88. The lowest BCUT2D eigenvalue weighted by Crippen LogP contribution is -2.33. The number of ether oxygens (including phenoxy) is 1. The molecule has 3 rings (SSSR count). The van der Waals surface area contributed by atoms with Crippen LogP contribution in [-0.2, 0) is 19.1 Å². The van der Waals surface area contributed by atoms with Crippen LogP contribution in [0.3, 0.4) is 0 Å². The van der Waals surface area contributed by atoms with Crippen molar-refractivity contribution in [3.8, 4) is 0 Å². The molecule has 0 spiro atoms. The van der Waals surface area contributed by atoms with Gasteiger partial charge in [-0.15, -0.1) is 0 Å². The third kappa shape index (κ3) is 7.40. The molecule has 0 N–H and O–H groups in total. The van der Waals surface area contributed by atoms with Gasteiger partial charge in [-0.2, -0.15) is 0 Å². The van der Waals surface area contributed by atoms with E-state index in [-0.39, 0.29) is 62.0 Å². The van der Waals surface area contributed by atoms with E-state index < -0.39 is 15.8 Å². The molecule has 1 aliphatic rings. The fraction of sp³-hybridized carbons (Fsp3) is 0.269. The van der Waals surface area contributed by atoms with Gasteiger partial charge in [-0.1, -0.05) is 0 Å². The lowest BCUT2D eigenvalue weighted by molar-refractivity contribution is -0.385. The number of benzene rings is 2. The zero-order valence-corrected chi connectivity index (χ0v) is 20.1. The predicted octanol–water partition coefficient (Wildman–Crippen LogP) is 4.11. The number of nitrogens with zero attached hydrogens (tertiary/aromatic N) is 3. The Morgan fingerprint density at radius 2 is 1.41 bits per heavy atom. The Hall–Kier alpha value is -4.67. The van der Waals surface area contributed by atoms with Crippen molar-refractivity contribution < 1.29 is 29.0 Å². The molecule has 0 saturated carbocycles. The highest BCUT2D eigenvalue weighted by Crippen LogP contribution is 2.24. The van der Waals surface area contributed by atoms with Gasteiger partial charge in [0, 0.05) is 54.9 Å². The topological polar surface area (TPSA) is 150 Å². The van der Waals surface area contributed by atoms with Gasteiger partial charge in [-0.25, -0.2) is 0 Å². The molecule has 1 heterocycles. The zero-order valence-electron chi connectivity index (χ0n) is 20.1. The quantitative estimate of drug-likeness (QED) is 0.224. The summed E-state index contributed by atoms with van der Waals surface area (Å²) in [5, 5.41) is 21.9. The van der Waals surface area contributed by atoms with Crippen molar-refractivity contribution in [1.82, 2.24) is 4.90 Å². The molecule has 2 aromatic rings. The van der Waals surface area contributed by atoms with E-state index in [2.05, 4.69) is 0 Å². The second-order valence-corrected chi connectivity index (χ2v) is 8.24. The van der Waals surface area contributed by atoms with Crippen LogP contribution in [-0.4, -0.2) is 52.1 Å². The van der Waals surface area contributed by atoms with Crippen molar-refractivity contribution in [1.29, 1.82) is 0 Å². The zero-order chi connectivity index (χ0) is 26.9. The van der Waals surface area contributed by atoms with E-state index in [1.54, 1.807) is 19.1 Å². The molecule has 0 radical (unpaired) electrons. The van der Waals surface area contributed by atoms with E-state index in [1.807, 2.05) is 0 Å². The van der Waals surface area contributed by atoms with Gasteiger partial charge in [-0.3, -0.25) is 34.6 Å². The molecular weight excluding hydrogens is 482 g/mol. The summed E-state index contributed by atoms with van der Waals surface area (Å²) in [6, 6.07) is 11.4. The first-order valence-corrected chi connectivity index (χ1v) is 11.6. The Kier molecular flexibility index (Phi) is 8.98. The van der Waals surface area contributed by atoms with Gasteiger partial charge in [-0.05, 0) is 60.9 Å². The van der Waals surface area contributed by atoms with Crippen LogP contribution in [0.5, 0.6) is 0 Å². The summed E-state index contributed by atoms with van der Waals surface area (Å²) >= 11 is 0. The minimum absolute atomic E-state index is 0.00488. The number of likely N-dealkylation sites (tertiary alicyclic amines) is 1. The average molecular weight is 507 g/mol. The average Bonchev–Trinajstić information content (AvgIpc) is 3.02. The maximum atomic E-state index is 13.5. The second kappa shape index (κ2) is 12.3. The predicted molar refractivity (Wildman–Crippen MR) is 134 cm³/mol. The molecular formula is C26H25N3O8. The molecule has 1 aliphatic heterocycles. The van der Waals surface area contributed by atoms with Crippen molar-refractivity contribution in [2.24, 2.45) is 0 Å². The molecule has 0 bridgehead atoms. The van der Waals surface area contributed by atoms with Gasteiger partial charge in [0.25, 0.3) is 11.4 Å².